The van der Waals surface area contributed by atoms with Gasteiger partial charge in [-0.05, 0) is 18.4 Å². The van der Waals surface area contributed by atoms with E-state index in [1.807, 2.05) is 18.2 Å². The first-order valence-corrected chi connectivity index (χ1v) is 9.94. The van der Waals surface area contributed by atoms with E-state index in [4.69, 9.17) is 4.74 Å². The standard InChI is InChI=1S/C21H25N5O4/c1-24-18-17(19(28)25(2)20(24)29)26(14-23-18)12-16(27)22-13-21(8-10-30-11-9-21)15-6-4-3-5-7-15/h3-7,14H,8-13H2,1-2H3,(H,22,27). The molecule has 1 aromatic carbocycles. The number of aromatic nitrogens is 4. The molecule has 1 saturated heterocycles. The molecule has 158 valence electrons. The molecule has 0 unspecified atom stereocenters. The average molecular weight is 411 g/mol. The van der Waals surface area contributed by atoms with Crippen molar-refractivity contribution in [1.29, 1.82) is 0 Å². The zero-order chi connectivity index (χ0) is 21.3. The predicted molar refractivity (Wildman–Crippen MR) is 111 cm³/mol. The lowest BCUT2D eigenvalue weighted by Crippen LogP contribution is -2.45. The number of hydrogen-bond acceptors (Lipinski definition) is 5. The fourth-order valence-electron chi connectivity index (χ4n) is 4.12. The van der Waals surface area contributed by atoms with Crippen molar-refractivity contribution in [3.05, 3.63) is 63.1 Å². The second-order valence-corrected chi connectivity index (χ2v) is 7.79. The molecule has 0 saturated carbocycles. The van der Waals surface area contributed by atoms with Crippen molar-refractivity contribution < 1.29 is 9.53 Å². The first kappa shape index (κ1) is 20.1. The van der Waals surface area contributed by atoms with Crippen LogP contribution in [0.25, 0.3) is 11.2 Å². The van der Waals surface area contributed by atoms with Crippen LogP contribution < -0.4 is 16.6 Å². The van der Waals surface area contributed by atoms with Crippen LogP contribution in [0, 0.1) is 0 Å². The topological polar surface area (TPSA) is 100 Å². The number of fused-ring (bicyclic) bond motifs is 1. The summed E-state index contributed by atoms with van der Waals surface area (Å²) in [6, 6.07) is 10.2. The summed E-state index contributed by atoms with van der Waals surface area (Å²) >= 11 is 0. The fraction of sp³-hybridized carbons (Fsp3) is 0.429. The summed E-state index contributed by atoms with van der Waals surface area (Å²) in [5.74, 6) is -0.216. The number of rotatable bonds is 5. The zero-order valence-electron chi connectivity index (χ0n) is 17.1. The average Bonchev–Trinajstić information content (AvgIpc) is 3.19. The van der Waals surface area contributed by atoms with E-state index in [9.17, 15) is 14.4 Å². The molecule has 3 aromatic rings. The third-order valence-corrected chi connectivity index (χ3v) is 5.99. The largest absolute Gasteiger partial charge is 0.381 e. The van der Waals surface area contributed by atoms with Gasteiger partial charge >= 0.3 is 5.69 Å². The predicted octanol–water partition coefficient (Wildman–Crippen LogP) is 0.298. The van der Waals surface area contributed by atoms with Gasteiger partial charge in [0.2, 0.25) is 5.91 Å². The van der Waals surface area contributed by atoms with Crippen molar-refractivity contribution >= 4 is 17.1 Å². The van der Waals surface area contributed by atoms with Gasteiger partial charge in [-0.25, -0.2) is 9.78 Å². The van der Waals surface area contributed by atoms with E-state index < -0.39 is 11.2 Å². The van der Waals surface area contributed by atoms with Gasteiger partial charge in [-0.2, -0.15) is 0 Å². The Balaban J connectivity index is 1.55. The van der Waals surface area contributed by atoms with Crippen LogP contribution in [0.2, 0.25) is 0 Å². The molecule has 1 amide bonds. The highest BCUT2D eigenvalue weighted by molar-refractivity contribution is 5.79. The van der Waals surface area contributed by atoms with E-state index in [-0.39, 0.29) is 29.0 Å². The maximum atomic E-state index is 12.8. The molecule has 1 N–H and O–H groups in total. The van der Waals surface area contributed by atoms with Crippen molar-refractivity contribution in [2.45, 2.75) is 24.8 Å². The molecule has 1 fully saturated rings. The van der Waals surface area contributed by atoms with Gasteiger partial charge in [-0.3, -0.25) is 18.7 Å². The summed E-state index contributed by atoms with van der Waals surface area (Å²) in [7, 11) is 2.96. The molecule has 3 heterocycles. The summed E-state index contributed by atoms with van der Waals surface area (Å²) in [6.07, 6.45) is 3.08. The number of ether oxygens (including phenoxy) is 1. The molecule has 1 aliphatic rings. The highest BCUT2D eigenvalue weighted by Gasteiger charge is 2.34. The van der Waals surface area contributed by atoms with Crippen molar-refractivity contribution in [3.8, 4) is 0 Å². The van der Waals surface area contributed by atoms with E-state index in [1.165, 1.54) is 28.1 Å². The Bertz CT molecular complexity index is 1190. The number of carbonyl (C=O) groups excluding carboxylic acids is 1. The van der Waals surface area contributed by atoms with E-state index in [0.29, 0.717) is 19.8 Å². The smallest absolute Gasteiger partial charge is 0.332 e. The second kappa shape index (κ2) is 7.91. The normalized spacial score (nSPS) is 15.9. The Morgan fingerprint density at radius 1 is 1.13 bits per heavy atom. The third-order valence-electron chi connectivity index (χ3n) is 5.99. The van der Waals surface area contributed by atoms with Gasteiger partial charge in [0, 0.05) is 39.3 Å². The molecule has 0 radical (unpaired) electrons. The van der Waals surface area contributed by atoms with Crippen molar-refractivity contribution in [3.63, 3.8) is 0 Å². The van der Waals surface area contributed by atoms with Crippen molar-refractivity contribution in [2.24, 2.45) is 14.1 Å². The minimum atomic E-state index is -0.469. The number of imidazole rings is 1. The Hall–Kier alpha value is -3.20. The lowest BCUT2D eigenvalue weighted by molar-refractivity contribution is -0.122. The van der Waals surface area contributed by atoms with Crippen molar-refractivity contribution in [2.75, 3.05) is 19.8 Å². The van der Waals surface area contributed by atoms with Crippen molar-refractivity contribution in [1.82, 2.24) is 24.0 Å². The maximum Gasteiger partial charge on any atom is 0.332 e. The summed E-state index contributed by atoms with van der Waals surface area (Å²) in [6.45, 7) is 1.75. The van der Waals surface area contributed by atoms with Crippen LogP contribution in [-0.4, -0.2) is 44.4 Å². The van der Waals surface area contributed by atoms with Crippen LogP contribution in [0.3, 0.4) is 0 Å². The molecular formula is C21H25N5O4. The monoisotopic (exact) mass is 411 g/mol. The van der Waals surface area contributed by atoms with Gasteiger partial charge in [0.25, 0.3) is 5.56 Å². The Labute approximate surface area is 172 Å². The molecule has 4 rings (SSSR count). The van der Waals surface area contributed by atoms with Crippen LogP contribution in [0.4, 0.5) is 0 Å². The number of aryl methyl sites for hydroxylation is 1. The molecule has 9 heteroatoms. The quantitative estimate of drug-likeness (QED) is 0.651. The summed E-state index contributed by atoms with van der Waals surface area (Å²) in [5.41, 5.74) is 0.590. The van der Waals surface area contributed by atoms with Crippen LogP contribution in [0.5, 0.6) is 0 Å². The number of benzene rings is 1. The van der Waals surface area contributed by atoms with Crippen LogP contribution in [0.15, 0.2) is 46.2 Å². The molecule has 0 atom stereocenters. The molecule has 0 spiro atoms. The summed E-state index contributed by atoms with van der Waals surface area (Å²) in [5, 5.41) is 3.03. The van der Waals surface area contributed by atoms with Gasteiger partial charge in [0.05, 0.1) is 6.33 Å². The minimum absolute atomic E-state index is 0.0503. The SMILES string of the molecule is Cn1c(=O)c2c(ncn2CC(=O)NCC2(c3ccccc3)CCOCC2)n(C)c1=O. The van der Waals surface area contributed by atoms with E-state index in [0.717, 1.165) is 17.4 Å². The van der Waals surface area contributed by atoms with E-state index in [1.54, 1.807) is 7.05 Å². The van der Waals surface area contributed by atoms with Gasteiger partial charge in [-0.1, -0.05) is 30.3 Å². The first-order chi connectivity index (χ1) is 14.4. The lowest BCUT2D eigenvalue weighted by Gasteiger charge is -2.38. The molecule has 1 aliphatic heterocycles. The fourth-order valence-corrected chi connectivity index (χ4v) is 4.12. The number of carbonyl (C=O) groups is 1. The number of nitrogens with zero attached hydrogens (tertiary/aromatic N) is 4. The Morgan fingerprint density at radius 2 is 1.83 bits per heavy atom. The highest BCUT2D eigenvalue weighted by Crippen LogP contribution is 2.34. The number of nitrogens with one attached hydrogen (secondary N) is 1. The van der Waals surface area contributed by atoms with E-state index in [2.05, 4.69) is 22.4 Å². The molecular weight excluding hydrogens is 386 g/mol. The molecule has 2 aromatic heterocycles. The van der Waals surface area contributed by atoms with Gasteiger partial charge < -0.3 is 14.6 Å². The molecule has 0 bridgehead atoms. The van der Waals surface area contributed by atoms with Gasteiger partial charge in [0.15, 0.2) is 11.2 Å². The second-order valence-electron chi connectivity index (χ2n) is 7.79. The van der Waals surface area contributed by atoms with Gasteiger partial charge in [-0.15, -0.1) is 0 Å². The molecule has 30 heavy (non-hydrogen) atoms. The zero-order valence-corrected chi connectivity index (χ0v) is 17.1. The molecule has 0 aliphatic carbocycles. The summed E-state index contributed by atoms with van der Waals surface area (Å²) < 4.78 is 9.36. The third kappa shape index (κ3) is 3.45. The summed E-state index contributed by atoms with van der Waals surface area (Å²) in [4.78, 5) is 41.5. The number of hydrogen-bond donors (Lipinski definition) is 1. The lowest BCUT2D eigenvalue weighted by atomic mass is 9.74. The Morgan fingerprint density at radius 3 is 2.53 bits per heavy atom. The van der Waals surface area contributed by atoms with Crippen LogP contribution in [-0.2, 0) is 35.6 Å². The van der Waals surface area contributed by atoms with Crippen LogP contribution >= 0.6 is 0 Å². The maximum absolute atomic E-state index is 12.8. The van der Waals surface area contributed by atoms with Gasteiger partial charge in [0.1, 0.15) is 6.54 Å². The number of amides is 1. The minimum Gasteiger partial charge on any atom is -0.381 e. The highest BCUT2D eigenvalue weighted by atomic mass is 16.5. The first-order valence-electron chi connectivity index (χ1n) is 9.94. The van der Waals surface area contributed by atoms with Crippen LogP contribution in [0.1, 0.15) is 18.4 Å². The molecule has 9 nitrogen and oxygen atoms in total. The Kier molecular flexibility index (Phi) is 5.29. The van der Waals surface area contributed by atoms with E-state index >= 15 is 0 Å².